The molecule has 0 aromatic carbocycles. The number of hydrogen-bond acceptors (Lipinski definition) is 5. The molecule has 1 fully saturated rings. The third kappa shape index (κ3) is 2.36. The lowest BCUT2D eigenvalue weighted by Gasteiger charge is -2.23. The minimum Gasteiger partial charge on any atom is -0.394 e. The maximum absolute atomic E-state index is 11.3. The topological polar surface area (TPSA) is 78.4 Å². The molecule has 0 aliphatic carbocycles. The minimum atomic E-state index is -0.246. The standard InChI is InChI=1S/C11H16N4O2/c1-12-11(17)9-4-5-10(14-13-9)15-6-2-3-8(15)7-16/h4-5,8,16H,2-3,6-7H2,1H3,(H,12,17). The Morgan fingerprint density at radius 2 is 2.41 bits per heavy atom. The van der Waals surface area contributed by atoms with Gasteiger partial charge in [0.1, 0.15) is 0 Å². The molecule has 0 bridgehead atoms. The van der Waals surface area contributed by atoms with Gasteiger partial charge in [-0.05, 0) is 25.0 Å². The van der Waals surface area contributed by atoms with Gasteiger partial charge in [-0.1, -0.05) is 0 Å². The fourth-order valence-electron chi connectivity index (χ4n) is 2.05. The molecule has 1 unspecified atom stereocenters. The molecule has 1 aliphatic rings. The Morgan fingerprint density at radius 3 is 3.00 bits per heavy atom. The van der Waals surface area contributed by atoms with Gasteiger partial charge in [0.2, 0.25) is 0 Å². The molecule has 0 saturated carbocycles. The van der Waals surface area contributed by atoms with Crippen LogP contribution in [0.3, 0.4) is 0 Å². The normalized spacial score (nSPS) is 19.4. The predicted octanol–water partition coefficient (Wildman–Crippen LogP) is -0.203. The van der Waals surface area contributed by atoms with E-state index in [0.717, 1.165) is 19.4 Å². The molecule has 2 N–H and O–H groups in total. The van der Waals surface area contributed by atoms with Gasteiger partial charge in [0.05, 0.1) is 12.6 Å². The second-order valence-corrected chi connectivity index (χ2v) is 4.03. The predicted molar refractivity (Wildman–Crippen MR) is 62.9 cm³/mol. The highest BCUT2D eigenvalue weighted by Gasteiger charge is 2.25. The van der Waals surface area contributed by atoms with Gasteiger partial charge >= 0.3 is 0 Å². The average molecular weight is 236 g/mol. The van der Waals surface area contributed by atoms with Crippen LogP contribution in [0.15, 0.2) is 12.1 Å². The lowest BCUT2D eigenvalue weighted by atomic mass is 10.2. The van der Waals surface area contributed by atoms with Crippen LogP contribution in [0.4, 0.5) is 5.82 Å². The van der Waals surface area contributed by atoms with Crippen molar-refractivity contribution in [1.82, 2.24) is 15.5 Å². The van der Waals surface area contributed by atoms with E-state index in [4.69, 9.17) is 0 Å². The van der Waals surface area contributed by atoms with Crippen molar-refractivity contribution in [2.24, 2.45) is 0 Å². The molecule has 92 valence electrons. The summed E-state index contributed by atoms with van der Waals surface area (Å²) in [7, 11) is 1.56. The van der Waals surface area contributed by atoms with Gasteiger partial charge in [0.15, 0.2) is 11.5 Å². The zero-order valence-electron chi connectivity index (χ0n) is 9.76. The Bertz CT molecular complexity index is 393. The number of nitrogens with one attached hydrogen (secondary N) is 1. The molecule has 1 aliphatic heterocycles. The smallest absolute Gasteiger partial charge is 0.271 e. The number of rotatable bonds is 3. The van der Waals surface area contributed by atoms with Gasteiger partial charge in [-0.3, -0.25) is 4.79 Å². The second-order valence-electron chi connectivity index (χ2n) is 4.03. The summed E-state index contributed by atoms with van der Waals surface area (Å²) in [6.45, 7) is 0.998. The highest BCUT2D eigenvalue weighted by Crippen LogP contribution is 2.22. The fourth-order valence-corrected chi connectivity index (χ4v) is 2.05. The summed E-state index contributed by atoms with van der Waals surface area (Å²) in [6.07, 6.45) is 2.01. The SMILES string of the molecule is CNC(=O)c1ccc(N2CCCC2CO)nn1. The zero-order valence-corrected chi connectivity index (χ0v) is 9.76. The highest BCUT2D eigenvalue weighted by molar-refractivity contribution is 5.91. The van der Waals surface area contributed by atoms with Gasteiger partial charge in [-0.15, -0.1) is 10.2 Å². The van der Waals surface area contributed by atoms with Crippen LogP contribution in [-0.2, 0) is 0 Å². The summed E-state index contributed by atoms with van der Waals surface area (Å²) in [5.74, 6) is 0.471. The molecule has 1 atom stereocenters. The number of hydrogen-bond donors (Lipinski definition) is 2. The number of aromatic nitrogens is 2. The van der Waals surface area contributed by atoms with E-state index in [2.05, 4.69) is 15.5 Å². The van der Waals surface area contributed by atoms with Crippen LogP contribution in [0, 0.1) is 0 Å². The lowest BCUT2D eigenvalue weighted by Crippen LogP contribution is -2.33. The first-order valence-electron chi connectivity index (χ1n) is 5.69. The molecular weight excluding hydrogens is 220 g/mol. The average Bonchev–Trinajstić information content (AvgIpc) is 2.86. The Hall–Kier alpha value is -1.69. The van der Waals surface area contributed by atoms with E-state index >= 15 is 0 Å². The first kappa shape index (κ1) is 11.8. The van der Waals surface area contributed by atoms with Gasteiger partial charge in [0, 0.05) is 13.6 Å². The molecule has 6 heteroatoms. The summed E-state index contributed by atoms with van der Waals surface area (Å²) in [5, 5.41) is 19.6. The molecule has 0 radical (unpaired) electrons. The first-order valence-corrected chi connectivity index (χ1v) is 5.69. The Balaban J connectivity index is 2.15. The third-order valence-corrected chi connectivity index (χ3v) is 2.99. The van der Waals surface area contributed by atoms with E-state index in [1.807, 2.05) is 4.90 Å². The number of nitrogens with zero attached hydrogens (tertiary/aromatic N) is 3. The minimum absolute atomic E-state index is 0.121. The summed E-state index contributed by atoms with van der Waals surface area (Å²) in [4.78, 5) is 13.3. The Kier molecular flexibility index (Phi) is 3.53. The van der Waals surface area contributed by atoms with E-state index in [0.29, 0.717) is 11.5 Å². The van der Waals surface area contributed by atoms with Crippen molar-refractivity contribution in [3.63, 3.8) is 0 Å². The van der Waals surface area contributed by atoms with Crippen molar-refractivity contribution in [1.29, 1.82) is 0 Å². The number of carbonyl (C=O) groups is 1. The van der Waals surface area contributed by atoms with E-state index < -0.39 is 0 Å². The summed E-state index contributed by atoms with van der Waals surface area (Å²) < 4.78 is 0. The third-order valence-electron chi connectivity index (χ3n) is 2.99. The molecule has 1 aromatic heterocycles. The van der Waals surface area contributed by atoms with Crippen molar-refractivity contribution >= 4 is 11.7 Å². The van der Waals surface area contributed by atoms with Gasteiger partial charge < -0.3 is 15.3 Å². The summed E-state index contributed by atoms with van der Waals surface area (Å²) in [5.41, 5.74) is 0.302. The quantitative estimate of drug-likeness (QED) is 0.759. The number of carbonyl (C=O) groups excluding carboxylic acids is 1. The molecule has 1 saturated heterocycles. The summed E-state index contributed by atoms with van der Waals surface area (Å²) >= 11 is 0. The highest BCUT2D eigenvalue weighted by atomic mass is 16.3. The van der Waals surface area contributed by atoms with Crippen LogP contribution in [0.25, 0.3) is 0 Å². The fraction of sp³-hybridized carbons (Fsp3) is 0.545. The molecule has 1 amide bonds. The molecule has 2 heterocycles. The van der Waals surface area contributed by atoms with Crippen molar-refractivity contribution in [3.05, 3.63) is 17.8 Å². The largest absolute Gasteiger partial charge is 0.394 e. The van der Waals surface area contributed by atoms with Crippen molar-refractivity contribution in [3.8, 4) is 0 Å². The van der Waals surface area contributed by atoms with Crippen molar-refractivity contribution < 1.29 is 9.90 Å². The first-order chi connectivity index (χ1) is 8.26. The van der Waals surface area contributed by atoms with Crippen LogP contribution in [0.2, 0.25) is 0 Å². The van der Waals surface area contributed by atoms with E-state index in [-0.39, 0.29) is 18.6 Å². The molecule has 2 rings (SSSR count). The molecule has 6 nitrogen and oxygen atoms in total. The van der Waals surface area contributed by atoms with Crippen LogP contribution in [-0.4, -0.2) is 47.5 Å². The van der Waals surface area contributed by atoms with Crippen LogP contribution in [0.1, 0.15) is 23.3 Å². The van der Waals surface area contributed by atoms with Crippen LogP contribution in [0.5, 0.6) is 0 Å². The van der Waals surface area contributed by atoms with Crippen LogP contribution < -0.4 is 10.2 Å². The van der Waals surface area contributed by atoms with Crippen molar-refractivity contribution in [2.45, 2.75) is 18.9 Å². The molecule has 17 heavy (non-hydrogen) atoms. The zero-order chi connectivity index (χ0) is 12.3. The number of anilines is 1. The Labute approximate surface area is 99.7 Å². The molecular formula is C11H16N4O2. The number of amides is 1. The van der Waals surface area contributed by atoms with E-state index in [9.17, 15) is 9.90 Å². The maximum Gasteiger partial charge on any atom is 0.271 e. The van der Waals surface area contributed by atoms with Crippen molar-refractivity contribution in [2.75, 3.05) is 25.1 Å². The second kappa shape index (κ2) is 5.09. The number of aliphatic hydroxyl groups excluding tert-OH is 1. The molecule has 1 aromatic rings. The number of aliphatic hydroxyl groups is 1. The maximum atomic E-state index is 11.3. The van der Waals surface area contributed by atoms with Crippen LogP contribution >= 0.6 is 0 Å². The lowest BCUT2D eigenvalue weighted by molar-refractivity contribution is 0.0957. The van der Waals surface area contributed by atoms with E-state index in [1.165, 1.54) is 0 Å². The monoisotopic (exact) mass is 236 g/mol. The Morgan fingerprint density at radius 1 is 1.59 bits per heavy atom. The summed E-state index contributed by atoms with van der Waals surface area (Å²) in [6, 6.07) is 3.54. The van der Waals surface area contributed by atoms with Gasteiger partial charge in [-0.25, -0.2) is 0 Å². The molecule has 0 spiro atoms. The van der Waals surface area contributed by atoms with E-state index in [1.54, 1.807) is 19.2 Å². The van der Waals surface area contributed by atoms with Gasteiger partial charge in [0.25, 0.3) is 5.91 Å². The van der Waals surface area contributed by atoms with Gasteiger partial charge in [-0.2, -0.15) is 0 Å².